The summed E-state index contributed by atoms with van der Waals surface area (Å²) < 4.78 is 4.22. The van der Waals surface area contributed by atoms with Crippen LogP contribution in [0.2, 0.25) is 0 Å². The first-order valence-corrected chi connectivity index (χ1v) is 8.28. The molecule has 3 nitrogen and oxygen atoms in total. The molecule has 0 bridgehead atoms. The van der Waals surface area contributed by atoms with Crippen LogP contribution in [0.15, 0.2) is 4.90 Å². The van der Waals surface area contributed by atoms with Gasteiger partial charge in [-0.2, -0.15) is 4.37 Å². The molecule has 1 heterocycles. The maximum absolute atomic E-state index is 5.84. The summed E-state index contributed by atoms with van der Waals surface area (Å²) in [5.41, 5.74) is 5.84. The first kappa shape index (κ1) is 14.6. The zero-order valence-electron chi connectivity index (χ0n) is 11.0. The summed E-state index contributed by atoms with van der Waals surface area (Å²) in [5, 5.41) is 4.75. The van der Waals surface area contributed by atoms with Gasteiger partial charge in [-0.1, -0.05) is 33.1 Å². The van der Waals surface area contributed by atoms with E-state index in [-0.39, 0.29) is 0 Å². The molecule has 0 amide bonds. The van der Waals surface area contributed by atoms with E-state index in [0.717, 1.165) is 9.90 Å². The van der Waals surface area contributed by atoms with E-state index in [1.807, 2.05) is 6.26 Å². The van der Waals surface area contributed by atoms with Crippen LogP contribution in [0.1, 0.15) is 46.0 Å². The third kappa shape index (κ3) is 4.39. The van der Waals surface area contributed by atoms with Gasteiger partial charge < -0.3 is 11.1 Å². The molecule has 17 heavy (non-hydrogen) atoms. The van der Waals surface area contributed by atoms with Crippen LogP contribution in [0.3, 0.4) is 0 Å². The Balaban J connectivity index is 2.64. The first-order chi connectivity index (χ1) is 8.22. The number of aromatic nitrogens is 1. The molecular weight excluding hydrogens is 250 g/mol. The van der Waals surface area contributed by atoms with E-state index in [0.29, 0.717) is 11.9 Å². The molecule has 1 unspecified atom stereocenters. The predicted molar refractivity (Wildman–Crippen MR) is 80.2 cm³/mol. The lowest BCUT2D eigenvalue weighted by molar-refractivity contribution is 0.565. The fraction of sp³-hybridized carbons (Fsp3) is 0.750. The predicted octanol–water partition coefficient (Wildman–Crippen LogP) is 4.22. The van der Waals surface area contributed by atoms with Crippen LogP contribution in [0.5, 0.6) is 0 Å². The summed E-state index contributed by atoms with van der Waals surface area (Å²) >= 11 is 3.15. The Kier molecular flexibility index (Phi) is 6.73. The van der Waals surface area contributed by atoms with Crippen LogP contribution in [-0.4, -0.2) is 16.7 Å². The highest BCUT2D eigenvalue weighted by atomic mass is 32.2. The Bertz CT molecular complexity index is 326. The molecule has 5 heteroatoms. The average molecular weight is 273 g/mol. The minimum absolute atomic E-state index is 0.561. The van der Waals surface area contributed by atoms with E-state index >= 15 is 0 Å². The molecule has 98 valence electrons. The highest BCUT2D eigenvalue weighted by molar-refractivity contribution is 7.99. The van der Waals surface area contributed by atoms with Gasteiger partial charge in [-0.05, 0) is 30.6 Å². The van der Waals surface area contributed by atoms with Gasteiger partial charge in [0.1, 0.15) is 5.00 Å². The third-order valence-corrected chi connectivity index (χ3v) is 4.50. The summed E-state index contributed by atoms with van der Waals surface area (Å²) in [4.78, 5) is 1.10. The average Bonchev–Trinajstić information content (AvgIpc) is 2.67. The molecule has 1 rings (SSSR count). The number of unbranched alkanes of at least 4 members (excludes halogenated alkanes) is 1. The maximum atomic E-state index is 5.84. The maximum Gasteiger partial charge on any atom is 0.153 e. The van der Waals surface area contributed by atoms with Crippen molar-refractivity contribution in [2.75, 3.05) is 17.3 Å². The van der Waals surface area contributed by atoms with Crippen molar-refractivity contribution in [2.45, 2.75) is 56.9 Å². The molecule has 1 aromatic rings. The van der Waals surface area contributed by atoms with E-state index in [2.05, 4.69) is 23.5 Å². The number of hydrogen-bond donors (Lipinski definition) is 2. The van der Waals surface area contributed by atoms with Gasteiger partial charge in [0, 0.05) is 6.04 Å². The number of nitrogen functional groups attached to an aromatic ring is 1. The topological polar surface area (TPSA) is 50.9 Å². The van der Waals surface area contributed by atoms with Gasteiger partial charge in [-0.15, -0.1) is 11.8 Å². The minimum atomic E-state index is 0.561. The fourth-order valence-electron chi connectivity index (χ4n) is 1.86. The lowest BCUT2D eigenvalue weighted by Crippen LogP contribution is -2.18. The first-order valence-electron chi connectivity index (χ1n) is 6.28. The molecule has 0 spiro atoms. The van der Waals surface area contributed by atoms with E-state index in [1.165, 1.54) is 43.6 Å². The molecule has 1 atom stereocenters. The molecule has 0 fully saturated rings. The molecule has 0 aliphatic rings. The molecule has 0 radical (unpaired) electrons. The van der Waals surface area contributed by atoms with Crippen LogP contribution in [0.4, 0.5) is 10.8 Å². The van der Waals surface area contributed by atoms with Crippen molar-refractivity contribution in [3.8, 4) is 0 Å². The van der Waals surface area contributed by atoms with Crippen LogP contribution >= 0.6 is 23.3 Å². The van der Waals surface area contributed by atoms with E-state index in [4.69, 9.17) is 5.73 Å². The van der Waals surface area contributed by atoms with Gasteiger partial charge in [0.15, 0.2) is 5.82 Å². The molecule has 0 aliphatic heterocycles. The van der Waals surface area contributed by atoms with Gasteiger partial charge in [0.2, 0.25) is 0 Å². The molecular formula is C12H23N3S2. The molecule has 3 N–H and O–H groups in total. The summed E-state index contributed by atoms with van der Waals surface area (Å²) in [6, 6.07) is 0.561. The van der Waals surface area contributed by atoms with Crippen LogP contribution in [-0.2, 0) is 0 Å². The number of nitrogens with one attached hydrogen (secondary N) is 1. The summed E-state index contributed by atoms with van der Waals surface area (Å²) in [6.07, 6.45) is 8.24. The number of thioether (sulfide) groups is 1. The molecule has 0 saturated carbocycles. The lowest BCUT2D eigenvalue weighted by Gasteiger charge is -2.18. The molecule has 0 aliphatic carbocycles. The Morgan fingerprint density at radius 1 is 1.35 bits per heavy atom. The van der Waals surface area contributed by atoms with Crippen molar-refractivity contribution in [1.29, 1.82) is 0 Å². The van der Waals surface area contributed by atoms with Crippen molar-refractivity contribution in [2.24, 2.45) is 0 Å². The summed E-state index contributed by atoms with van der Waals surface area (Å²) in [5.74, 6) is 0.663. The molecule has 0 aromatic carbocycles. The van der Waals surface area contributed by atoms with Crippen molar-refractivity contribution in [3.05, 3.63) is 0 Å². The second kappa shape index (κ2) is 7.82. The number of nitrogens with two attached hydrogens (primary N) is 1. The standard InChI is InChI=1S/C12H23N3S2/c1-4-6-8-9(7-5-2)14-12-10(16-3)11(13)15-17-12/h9,14H,4-8H2,1-3H3,(H2,13,15). The SMILES string of the molecule is CCCCC(CCC)Nc1snc(N)c1SC. The number of anilines is 2. The Morgan fingerprint density at radius 2 is 2.12 bits per heavy atom. The molecule has 1 aromatic heterocycles. The van der Waals surface area contributed by atoms with Crippen LogP contribution < -0.4 is 11.1 Å². The van der Waals surface area contributed by atoms with Crippen LogP contribution in [0, 0.1) is 0 Å². The smallest absolute Gasteiger partial charge is 0.153 e. The largest absolute Gasteiger partial charge is 0.382 e. The van der Waals surface area contributed by atoms with E-state index in [9.17, 15) is 0 Å². The van der Waals surface area contributed by atoms with Gasteiger partial charge in [-0.25, -0.2) is 0 Å². The van der Waals surface area contributed by atoms with E-state index in [1.54, 1.807) is 11.8 Å². The third-order valence-electron chi connectivity index (χ3n) is 2.76. The van der Waals surface area contributed by atoms with Gasteiger partial charge >= 0.3 is 0 Å². The Hall–Kier alpha value is -0.420. The zero-order valence-corrected chi connectivity index (χ0v) is 12.6. The summed E-state index contributed by atoms with van der Waals surface area (Å²) in [7, 11) is 0. The van der Waals surface area contributed by atoms with Gasteiger partial charge in [0.25, 0.3) is 0 Å². The number of hydrogen-bond acceptors (Lipinski definition) is 5. The normalized spacial score (nSPS) is 12.6. The van der Waals surface area contributed by atoms with Gasteiger partial charge in [-0.3, -0.25) is 0 Å². The van der Waals surface area contributed by atoms with Crippen LogP contribution in [0.25, 0.3) is 0 Å². The van der Waals surface area contributed by atoms with Gasteiger partial charge in [0.05, 0.1) is 4.90 Å². The highest BCUT2D eigenvalue weighted by Crippen LogP contribution is 2.35. The molecule has 0 saturated heterocycles. The highest BCUT2D eigenvalue weighted by Gasteiger charge is 2.14. The number of rotatable bonds is 8. The summed E-state index contributed by atoms with van der Waals surface area (Å²) in [6.45, 7) is 4.47. The van der Waals surface area contributed by atoms with Crippen molar-refractivity contribution in [1.82, 2.24) is 4.37 Å². The van der Waals surface area contributed by atoms with E-state index < -0.39 is 0 Å². The minimum Gasteiger partial charge on any atom is -0.382 e. The van der Waals surface area contributed by atoms with Crippen molar-refractivity contribution < 1.29 is 0 Å². The quantitative estimate of drug-likeness (QED) is 0.696. The van der Waals surface area contributed by atoms with Crippen molar-refractivity contribution in [3.63, 3.8) is 0 Å². The lowest BCUT2D eigenvalue weighted by atomic mass is 10.1. The Morgan fingerprint density at radius 3 is 2.71 bits per heavy atom. The van der Waals surface area contributed by atoms with Crippen molar-refractivity contribution >= 4 is 34.1 Å². The second-order valence-electron chi connectivity index (χ2n) is 4.20. The monoisotopic (exact) mass is 273 g/mol. The zero-order chi connectivity index (χ0) is 12.7. The Labute approximate surface area is 113 Å². The number of nitrogens with zero attached hydrogens (tertiary/aromatic N) is 1. The second-order valence-corrected chi connectivity index (χ2v) is 5.79. The fourth-order valence-corrected chi connectivity index (χ4v) is 3.46.